The van der Waals surface area contributed by atoms with Crippen LogP contribution < -0.4 is 5.32 Å². The van der Waals surface area contributed by atoms with E-state index in [9.17, 15) is 9.59 Å². The van der Waals surface area contributed by atoms with E-state index in [-0.39, 0.29) is 24.0 Å². The third-order valence-electron chi connectivity index (χ3n) is 5.59. The maximum atomic E-state index is 12.6. The maximum Gasteiger partial charge on any atom is 0.410 e. The summed E-state index contributed by atoms with van der Waals surface area (Å²) in [6.45, 7) is 7.57. The minimum Gasteiger partial charge on any atom is -0.447 e. The van der Waals surface area contributed by atoms with Gasteiger partial charge in [-0.3, -0.25) is 14.7 Å². The third kappa shape index (κ3) is 5.67. The molecule has 1 N–H and O–H groups in total. The van der Waals surface area contributed by atoms with Crippen molar-refractivity contribution < 1.29 is 14.3 Å². The summed E-state index contributed by atoms with van der Waals surface area (Å²) in [5.41, 5.74) is 1.02. The number of nitrogens with zero attached hydrogens (tertiary/aromatic N) is 3. The SMILES string of the molecule is CC(C)OC(=O)N1CCC(N2CCC[C@H](C(=O)NCc3cccnc3)C2)CC1. The number of pyridine rings is 1. The van der Waals surface area contributed by atoms with E-state index in [1.165, 1.54) is 0 Å². The Balaban J connectivity index is 1.44. The second-order valence-corrected chi connectivity index (χ2v) is 8.06. The molecule has 3 heterocycles. The number of hydrogen-bond donors (Lipinski definition) is 1. The van der Waals surface area contributed by atoms with Crippen LogP contribution in [0.15, 0.2) is 24.5 Å². The molecule has 0 saturated carbocycles. The monoisotopic (exact) mass is 388 g/mol. The van der Waals surface area contributed by atoms with E-state index >= 15 is 0 Å². The highest BCUT2D eigenvalue weighted by Crippen LogP contribution is 2.24. The van der Waals surface area contributed by atoms with Crippen LogP contribution >= 0.6 is 0 Å². The van der Waals surface area contributed by atoms with Crippen LogP contribution in [0.5, 0.6) is 0 Å². The molecular formula is C21H32N4O3. The van der Waals surface area contributed by atoms with Crippen molar-refractivity contribution in [2.24, 2.45) is 5.92 Å². The number of nitrogens with one attached hydrogen (secondary N) is 1. The number of carbonyl (C=O) groups is 2. The van der Waals surface area contributed by atoms with Crippen molar-refractivity contribution in [1.82, 2.24) is 20.1 Å². The highest BCUT2D eigenvalue weighted by molar-refractivity contribution is 5.79. The smallest absolute Gasteiger partial charge is 0.410 e. The van der Waals surface area contributed by atoms with Gasteiger partial charge in [-0.05, 0) is 57.7 Å². The van der Waals surface area contributed by atoms with Gasteiger partial charge in [-0.15, -0.1) is 0 Å². The summed E-state index contributed by atoms with van der Waals surface area (Å²) in [4.78, 5) is 33.0. The summed E-state index contributed by atoms with van der Waals surface area (Å²) in [5, 5.41) is 3.06. The zero-order valence-corrected chi connectivity index (χ0v) is 17.0. The fourth-order valence-corrected chi connectivity index (χ4v) is 4.08. The second-order valence-electron chi connectivity index (χ2n) is 8.06. The first-order chi connectivity index (χ1) is 13.5. The maximum absolute atomic E-state index is 12.6. The van der Waals surface area contributed by atoms with Crippen molar-refractivity contribution in [2.75, 3.05) is 26.2 Å². The molecule has 2 aliphatic heterocycles. The molecule has 154 valence electrons. The van der Waals surface area contributed by atoms with Crippen LogP contribution in [-0.4, -0.2) is 65.1 Å². The lowest BCUT2D eigenvalue weighted by atomic mass is 9.93. The molecule has 2 fully saturated rings. The molecule has 0 bridgehead atoms. The Morgan fingerprint density at radius 3 is 2.71 bits per heavy atom. The number of carbonyl (C=O) groups excluding carboxylic acids is 2. The van der Waals surface area contributed by atoms with Gasteiger partial charge in [0.2, 0.25) is 5.91 Å². The van der Waals surface area contributed by atoms with Gasteiger partial charge in [0.1, 0.15) is 0 Å². The first-order valence-electron chi connectivity index (χ1n) is 10.4. The molecule has 2 saturated heterocycles. The summed E-state index contributed by atoms with van der Waals surface area (Å²) in [6.07, 6.45) is 7.09. The van der Waals surface area contributed by atoms with Crippen LogP contribution in [0.2, 0.25) is 0 Å². The predicted molar refractivity (Wildman–Crippen MR) is 107 cm³/mol. The molecule has 0 spiro atoms. The van der Waals surface area contributed by atoms with Gasteiger partial charge < -0.3 is 15.0 Å². The van der Waals surface area contributed by atoms with Crippen molar-refractivity contribution in [3.63, 3.8) is 0 Å². The fourth-order valence-electron chi connectivity index (χ4n) is 4.08. The molecule has 1 atom stereocenters. The van der Waals surface area contributed by atoms with Crippen molar-refractivity contribution in [3.05, 3.63) is 30.1 Å². The van der Waals surface area contributed by atoms with E-state index in [0.717, 1.165) is 57.4 Å². The van der Waals surface area contributed by atoms with Gasteiger partial charge in [0.15, 0.2) is 0 Å². The first kappa shape index (κ1) is 20.6. The molecule has 0 unspecified atom stereocenters. The van der Waals surface area contributed by atoms with E-state index in [4.69, 9.17) is 4.74 Å². The molecule has 3 rings (SSSR count). The zero-order chi connectivity index (χ0) is 19.9. The largest absolute Gasteiger partial charge is 0.447 e. The summed E-state index contributed by atoms with van der Waals surface area (Å²) in [7, 11) is 0. The number of likely N-dealkylation sites (tertiary alicyclic amines) is 2. The van der Waals surface area contributed by atoms with Crippen LogP contribution in [0.3, 0.4) is 0 Å². The molecule has 7 nitrogen and oxygen atoms in total. The van der Waals surface area contributed by atoms with Crippen LogP contribution in [0.25, 0.3) is 0 Å². The summed E-state index contributed by atoms with van der Waals surface area (Å²) in [5.74, 6) is 0.167. The Bertz CT molecular complexity index is 644. The van der Waals surface area contributed by atoms with Crippen LogP contribution in [0.4, 0.5) is 4.79 Å². The van der Waals surface area contributed by atoms with Crippen LogP contribution in [-0.2, 0) is 16.1 Å². The Kier molecular flexibility index (Phi) is 7.25. The number of amides is 2. The number of rotatable bonds is 5. The predicted octanol–water partition coefficient (Wildman–Crippen LogP) is 2.42. The van der Waals surface area contributed by atoms with Crippen molar-refractivity contribution >= 4 is 12.0 Å². The topological polar surface area (TPSA) is 74.8 Å². The Morgan fingerprint density at radius 2 is 2.04 bits per heavy atom. The Morgan fingerprint density at radius 1 is 1.25 bits per heavy atom. The number of hydrogen-bond acceptors (Lipinski definition) is 5. The quantitative estimate of drug-likeness (QED) is 0.838. The molecule has 2 amide bonds. The number of aromatic nitrogens is 1. The second kappa shape index (κ2) is 9.87. The summed E-state index contributed by atoms with van der Waals surface area (Å²) in [6, 6.07) is 4.29. The molecular weight excluding hydrogens is 356 g/mol. The molecule has 0 aromatic carbocycles. The van der Waals surface area contributed by atoms with Gasteiger partial charge in [0, 0.05) is 44.6 Å². The Hall–Kier alpha value is -2.15. The van der Waals surface area contributed by atoms with E-state index < -0.39 is 0 Å². The first-order valence-corrected chi connectivity index (χ1v) is 10.4. The third-order valence-corrected chi connectivity index (χ3v) is 5.59. The van der Waals surface area contributed by atoms with Crippen LogP contribution in [0.1, 0.15) is 45.1 Å². The lowest BCUT2D eigenvalue weighted by molar-refractivity contribution is -0.127. The highest BCUT2D eigenvalue weighted by atomic mass is 16.6. The molecule has 28 heavy (non-hydrogen) atoms. The zero-order valence-electron chi connectivity index (χ0n) is 17.0. The normalized spacial score (nSPS) is 21.5. The average molecular weight is 389 g/mol. The van der Waals surface area contributed by atoms with Gasteiger partial charge in [-0.25, -0.2) is 4.79 Å². The molecule has 1 aromatic rings. The van der Waals surface area contributed by atoms with Gasteiger partial charge >= 0.3 is 6.09 Å². The fraction of sp³-hybridized carbons (Fsp3) is 0.667. The minimum atomic E-state index is -0.209. The van der Waals surface area contributed by atoms with E-state index in [2.05, 4.69) is 15.2 Å². The highest BCUT2D eigenvalue weighted by Gasteiger charge is 2.32. The van der Waals surface area contributed by atoms with Crippen molar-refractivity contribution in [1.29, 1.82) is 0 Å². The summed E-state index contributed by atoms with van der Waals surface area (Å²) < 4.78 is 5.30. The number of ether oxygens (including phenoxy) is 1. The average Bonchev–Trinajstić information content (AvgIpc) is 2.72. The molecule has 1 aromatic heterocycles. The van der Waals surface area contributed by atoms with E-state index in [1.54, 1.807) is 17.3 Å². The lowest BCUT2D eigenvalue weighted by Crippen LogP contribution is -2.51. The lowest BCUT2D eigenvalue weighted by Gasteiger charge is -2.41. The standard InChI is InChI=1S/C21H32N4O3/c1-16(2)28-21(27)24-11-7-19(8-12-24)25-10-4-6-18(15-25)20(26)23-14-17-5-3-9-22-13-17/h3,5,9,13,16,18-19H,4,6-8,10-12,14-15H2,1-2H3,(H,23,26)/t18-/m0/s1. The van der Waals surface area contributed by atoms with Crippen molar-refractivity contribution in [3.8, 4) is 0 Å². The van der Waals surface area contributed by atoms with E-state index in [0.29, 0.717) is 12.6 Å². The molecule has 0 radical (unpaired) electrons. The van der Waals surface area contributed by atoms with Gasteiger partial charge in [-0.2, -0.15) is 0 Å². The van der Waals surface area contributed by atoms with Gasteiger partial charge in [0.05, 0.1) is 12.0 Å². The molecule has 0 aliphatic carbocycles. The summed E-state index contributed by atoms with van der Waals surface area (Å²) >= 11 is 0. The minimum absolute atomic E-state index is 0.0364. The van der Waals surface area contributed by atoms with Crippen molar-refractivity contribution in [2.45, 2.75) is 58.2 Å². The van der Waals surface area contributed by atoms with Gasteiger partial charge in [0.25, 0.3) is 0 Å². The van der Waals surface area contributed by atoms with E-state index in [1.807, 2.05) is 26.0 Å². The number of piperidine rings is 2. The van der Waals surface area contributed by atoms with Crippen LogP contribution in [0, 0.1) is 5.92 Å². The molecule has 7 heteroatoms. The molecule has 2 aliphatic rings. The Labute approximate surface area is 167 Å². The van der Waals surface area contributed by atoms with Gasteiger partial charge in [-0.1, -0.05) is 6.07 Å².